The molecule has 0 aliphatic carbocycles. The standard InChI is InChI=1S/C14H20N2O2S/c1-11(2)10-18-9-8-16-14(17)13-6-5-12(19-13)4-3-7-15/h5-6,11H,7-10,15H2,1-2H3,(H,16,17). The first-order valence-corrected chi connectivity index (χ1v) is 7.10. The Morgan fingerprint density at radius 3 is 3.00 bits per heavy atom. The van der Waals surface area contributed by atoms with Crippen molar-refractivity contribution in [3.63, 3.8) is 0 Å². The first-order valence-electron chi connectivity index (χ1n) is 6.28. The second-order valence-corrected chi connectivity index (χ2v) is 5.48. The molecular weight excluding hydrogens is 260 g/mol. The third-order valence-electron chi connectivity index (χ3n) is 2.13. The van der Waals surface area contributed by atoms with E-state index in [9.17, 15) is 4.79 Å². The average Bonchev–Trinajstić information content (AvgIpc) is 2.84. The van der Waals surface area contributed by atoms with Gasteiger partial charge in [-0.15, -0.1) is 11.3 Å². The predicted octanol–water partition coefficient (Wildman–Crippen LogP) is 1.46. The van der Waals surface area contributed by atoms with E-state index >= 15 is 0 Å². The molecule has 3 N–H and O–H groups in total. The summed E-state index contributed by atoms with van der Waals surface area (Å²) >= 11 is 1.37. The fraction of sp³-hybridized carbons (Fsp3) is 0.500. The van der Waals surface area contributed by atoms with Gasteiger partial charge in [0.25, 0.3) is 5.91 Å². The predicted molar refractivity (Wildman–Crippen MR) is 78.2 cm³/mol. The molecule has 0 radical (unpaired) electrons. The van der Waals surface area contributed by atoms with E-state index < -0.39 is 0 Å². The van der Waals surface area contributed by atoms with Crippen molar-refractivity contribution < 1.29 is 9.53 Å². The normalized spacial score (nSPS) is 10.1. The summed E-state index contributed by atoms with van der Waals surface area (Å²) in [6.07, 6.45) is 0. The smallest absolute Gasteiger partial charge is 0.261 e. The first kappa shape index (κ1) is 15.7. The van der Waals surface area contributed by atoms with Gasteiger partial charge in [-0.25, -0.2) is 0 Å². The highest BCUT2D eigenvalue weighted by atomic mass is 32.1. The lowest BCUT2D eigenvalue weighted by molar-refractivity contribution is 0.0889. The zero-order valence-corrected chi connectivity index (χ0v) is 12.2. The molecule has 0 aliphatic heterocycles. The molecule has 0 bridgehead atoms. The van der Waals surface area contributed by atoms with Crippen molar-refractivity contribution in [1.29, 1.82) is 0 Å². The number of nitrogens with two attached hydrogens (primary N) is 1. The molecule has 0 aromatic carbocycles. The van der Waals surface area contributed by atoms with Gasteiger partial charge in [0.2, 0.25) is 0 Å². The SMILES string of the molecule is CC(C)COCCNC(=O)c1ccc(C#CCN)s1. The Morgan fingerprint density at radius 1 is 1.53 bits per heavy atom. The lowest BCUT2D eigenvalue weighted by Crippen LogP contribution is -2.26. The summed E-state index contributed by atoms with van der Waals surface area (Å²) in [4.78, 5) is 13.3. The number of rotatable bonds is 6. The van der Waals surface area contributed by atoms with Crippen LogP contribution in [0.25, 0.3) is 0 Å². The molecule has 0 atom stereocenters. The van der Waals surface area contributed by atoms with Crippen LogP contribution in [0.3, 0.4) is 0 Å². The van der Waals surface area contributed by atoms with Crippen LogP contribution in [0.2, 0.25) is 0 Å². The number of thiophene rings is 1. The highest BCUT2D eigenvalue weighted by Crippen LogP contribution is 2.14. The van der Waals surface area contributed by atoms with E-state index in [1.807, 2.05) is 6.07 Å². The van der Waals surface area contributed by atoms with E-state index in [1.54, 1.807) is 6.07 Å². The molecule has 19 heavy (non-hydrogen) atoms. The number of nitrogens with one attached hydrogen (secondary N) is 1. The van der Waals surface area contributed by atoms with Gasteiger partial charge in [0.15, 0.2) is 0 Å². The summed E-state index contributed by atoms with van der Waals surface area (Å²) in [5.74, 6) is 6.10. The number of amides is 1. The van der Waals surface area contributed by atoms with E-state index in [4.69, 9.17) is 10.5 Å². The monoisotopic (exact) mass is 280 g/mol. The van der Waals surface area contributed by atoms with Gasteiger partial charge < -0.3 is 15.8 Å². The molecule has 5 heteroatoms. The molecule has 0 aliphatic rings. The zero-order chi connectivity index (χ0) is 14.1. The largest absolute Gasteiger partial charge is 0.379 e. The van der Waals surface area contributed by atoms with Crippen molar-refractivity contribution >= 4 is 17.2 Å². The Hall–Kier alpha value is -1.35. The summed E-state index contributed by atoms with van der Waals surface area (Å²) in [6.45, 7) is 6.28. The first-order chi connectivity index (χ1) is 9.13. The highest BCUT2D eigenvalue weighted by molar-refractivity contribution is 7.14. The van der Waals surface area contributed by atoms with Gasteiger partial charge in [-0.3, -0.25) is 4.79 Å². The van der Waals surface area contributed by atoms with Gasteiger partial charge in [-0.1, -0.05) is 25.7 Å². The van der Waals surface area contributed by atoms with Crippen LogP contribution in [0.1, 0.15) is 28.4 Å². The van der Waals surface area contributed by atoms with Crippen LogP contribution in [-0.2, 0) is 4.74 Å². The van der Waals surface area contributed by atoms with E-state index in [2.05, 4.69) is 31.0 Å². The Labute approximate surface area is 118 Å². The van der Waals surface area contributed by atoms with Crippen LogP contribution in [-0.4, -0.2) is 32.2 Å². The van der Waals surface area contributed by atoms with E-state index in [-0.39, 0.29) is 5.91 Å². The van der Waals surface area contributed by atoms with Gasteiger partial charge in [0.05, 0.1) is 22.9 Å². The molecule has 1 aromatic heterocycles. The molecule has 0 unspecified atom stereocenters. The average molecular weight is 280 g/mol. The molecule has 104 valence electrons. The topological polar surface area (TPSA) is 64.3 Å². The highest BCUT2D eigenvalue weighted by Gasteiger charge is 2.07. The molecule has 1 amide bonds. The maximum absolute atomic E-state index is 11.8. The molecule has 1 rings (SSSR count). The van der Waals surface area contributed by atoms with Gasteiger partial charge in [-0.05, 0) is 18.1 Å². The fourth-order valence-electron chi connectivity index (χ4n) is 1.31. The molecular formula is C14H20N2O2S. The second kappa shape index (κ2) is 8.70. The third-order valence-corrected chi connectivity index (χ3v) is 3.13. The Bertz CT molecular complexity index is 458. The summed E-state index contributed by atoms with van der Waals surface area (Å²) in [6, 6.07) is 3.60. The lowest BCUT2D eigenvalue weighted by atomic mass is 10.2. The third kappa shape index (κ3) is 6.39. The fourth-order valence-corrected chi connectivity index (χ4v) is 2.11. The van der Waals surface area contributed by atoms with Gasteiger partial charge >= 0.3 is 0 Å². The van der Waals surface area contributed by atoms with Crippen LogP contribution in [0.5, 0.6) is 0 Å². The van der Waals surface area contributed by atoms with Crippen LogP contribution < -0.4 is 11.1 Å². The van der Waals surface area contributed by atoms with Crippen LogP contribution in [0.4, 0.5) is 0 Å². The van der Waals surface area contributed by atoms with Crippen molar-refractivity contribution in [2.75, 3.05) is 26.3 Å². The van der Waals surface area contributed by atoms with E-state index in [0.29, 0.717) is 37.1 Å². The van der Waals surface area contributed by atoms with Crippen molar-refractivity contribution in [3.8, 4) is 11.8 Å². The Kier molecular flexibility index (Phi) is 7.19. The molecule has 1 aromatic rings. The minimum atomic E-state index is -0.0843. The second-order valence-electron chi connectivity index (χ2n) is 4.39. The molecule has 4 nitrogen and oxygen atoms in total. The van der Waals surface area contributed by atoms with Crippen LogP contribution in [0, 0.1) is 17.8 Å². The molecule has 0 saturated heterocycles. The Balaban J connectivity index is 2.31. The van der Waals surface area contributed by atoms with Crippen molar-refractivity contribution in [1.82, 2.24) is 5.32 Å². The number of carbonyl (C=O) groups excluding carboxylic acids is 1. The van der Waals surface area contributed by atoms with Crippen molar-refractivity contribution in [2.24, 2.45) is 11.7 Å². The van der Waals surface area contributed by atoms with Crippen molar-refractivity contribution in [3.05, 3.63) is 21.9 Å². The quantitative estimate of drug-likeness (QED) is 0.612. The number of ether oxygens (including phenoxy) is 1. The summed E-state index contributed by atoms with van der Waals surface area (Å²) in [5, 5.41) is 2.82. The summed E-state index contributed by atoms with van der Waals surface area (Å²) < 4.78 is 5.39. The molecule has 0 fully saturated rings. The van der Waals surface area contributed by atoms with E-state index in [0.717, 1.165) is 4.88 Å². The Morgan fingerprint density at radius 2 is 2.32 bits per heavy atom. The molecule has 0 spiro atoms. The van der Waals surface area contributed by atoms with Gasteiger partial charge in [0, 0.05) is 13.2 Å². The number of hydrogen-bond donors (Lipinski definition) is 2. The zero-order valence-electron chi connectivity index (χ0n) is 11.4. The van der Waals surface area contributed by atoms with Crippen molar-refractivity contribution in [2.45, 2.75) is 13.8 Å². The van der Waals surface area contributed by atoms with Gasteiger partial charge in [0.1, 0.15) is 0 Å². The van der Waals surface area contributed by atoms with Crippen LogP contribution >= 0.6 is 11.3 Å². The summed E-state index contributed by atoms with van der Waals surface area (Å²) in [5.41, 5.74) is 5.30. The maximum atomic E-state index is 11.8. The van der Waals surface area contributed by atoms with Crippen LogP contribution in [0.15, 0.2) is 12.1 Å². The van der Waals surface area contributed by atoms with Gasteiger partial charge in [-0.2, -0.15) is 0 Å². The number of hydrogen-bond acceptors (Lipinski definition) is 4. The van der Waals surface area contributed by atoms with E-state index in [1.165, 1.54) is 11.3 Å². The maximum Gasteiger partial charge on any atom is 0.261 e. The molecule has 0 saturated carbocycles. The summed E-state index contributed by atoms with van der Waals surface area (Å²) in [7, 11) is 0. The minimum Gasteiger partial charge on any atom is -0.379 e. The minimum absolute atomic E-state index is 0.0843. The number of carbonyl (C=O) groups is 1. The lowest BCUT2D eigenvalue weighted by Gasteiger charge is -2.07. The molecule has 1 heterocycles.